The maximum absolute atomic E-state index is 13.0. The molecule has 4 unspecified atom stereocenters. The lowest BCUT2D eigenvalue weighted by Gasteiger charge is -2.28. The second-order valence-electron chi connectivity index (χ2n) is 15.2. The first kappa shape index (κ1) is 49.1. The van der Waals surface area contributed by atoms with E-state index in [1.165, 1.54) is 24.3 Å². The summed E-state index contributed by atoms with van der Waals surface area (Å²) >= 11 is 0. The summed E-state index contributed by atoms with van der Waals surface area (Å²) in [5.41, 5.74) is 5.61. The summed E-state index contributed by atoms with van der Waals surface area (Å²) in [7, 11) is -8.62. The van der Waals surface area contributed by atoms with Gasteiger partial charge < -0.3 is 25.4 Å². The molecule has 0 aromatic heterocycles. The van der Waals surface area contributed by atoms with Gasteiger partial charge in [-0.15, -0.1) is 0 Å². The predicted molar refractivity (Wildman–Crippen MR) is 211 cm³/mol. The Balaban J connectivity index is 1.75. The molecule has 0 spiro atoms. The number of hydrogen-bond acceptors (Lipinski definition) is 14. The number of nitrogens with two attached hydrogens (primary N) is 1. The molecule has 2 rings (SSSR count). The minimum absolute atomic E-state index is 0.0799. The van der Waals surface area contributed by atoms with Gasteiger partial charge in [0.2, 0.25) is 0 Å². The molecular formula is C38H62N4O12S2. The lowest BCUT2D eigenvalue weighted by atomic mass is 9.79. The third kappa shape index (κ3) is 16.4. The quantitative estimate of drug-likeness (QED) is 0.0409. The average molecular weight is 831 g/mol. The zero-order valence-electron chi connectivity index (χ0n) is 33.3. The molecule has 0 saturated carbocycles. The van der Waals surface area contributed by atoms with Crippen LogP contribution in [0.4, 0.5) is 0 Å². The van der Waals surface area contributed by atoms with Crippen molar-refractivity contribution in [2.75, 3.05) is 52.5 Å². The molecule has 2 aromatic rings. The first-order valence-corrected chi connectivity index (χ1v) is 21.7. The Kier molecular flexibility index (Phi) is 19.5. The van der Waals surface area contributed by atoms with Gasteiger partial charge in [-0.3, -0.25) is 34.2 Å². The Bertz CT molecular complexity index is 1610. The highest BCUT2D eigenvalue weighted by atomic mass is 32.2. The van der Waals surface area contributed by atoms with Crippen LogP contribution >= 0.6 is 0 Å². The van der Waals surface area contributed by atoms with Crippen LogP contribution in [0.25, 0.3) is 0 Å². The van der Waals surface area contributed by atoms with E-state index in [-0.39, 0.29) is 34.8 Å². The van der Waals surface area contributed by atoms with E-state index in [4.69, 9.17) is 15.2 Å². The van der Waals surface area contributed by atoms with Crippen LogP contribution in [0.1, 0.15) is 90.2 Å². The largest absolute Gasteiger partial charge is 0.461 e. The minimum atomic E-state index is -4.31. The summed E-state index contributed by atoms with van der Waals surface area (Å²) in [5.74, 6) is -1.15. The highest BCUT2D eigenvalue weighted by Crippen LogP contribution is 2.36. The van der Waals surface area contributed by atoms with Gasteiger partial charge in [-0.2, -0.15) is 16.8 Å². The van der Waals surface area contributed by atoms with E-state index in [9.17, 15) is 45.7 Å². The number of rotatable bonds is 26. The van der Waals surface area contributed by atoms with E-state index in [1.54, 1.807) is 52.0 Å². The number of carbonyl (C=O) groups is 2. The average Bonchev–Trinajstić information content (AvgIpc) is 3.13. The molecule has 18 heteroatoms. The van der Waals surface area contributed by atoms with Gasteiger partial charge in [-0.25, -0.2) is 0 Å². The van der Waals surface area contributed by atoms with Crippen LogP contribution in [0, 0.1) is 10.8 Å². The molecule has 0 aliphatic heterocycles. The van der Waals surface area contributed by atoms with Crippen molar-refractivity contribution in [3.05, 3.63) is 59.7 Å². The van der Waals surface area contributed by atoms with Crippen molar-refractivity contribution in [2.24, 2.45) is 16.6 Å². The first-order chi connectivity index (χ1) is 26.0. The fraction of sp³-hybridized carbons (Fsp3) is 0.632. The molecule has 0 saturated heterocycles. The Hall–Kier alpha value is -3.04. The van der Waals surface area contributed by atoms with Crippen molar-refractivity contribution in [1.29, 1.82) is 0 Å². The number of hydrogen-bond donors (Lipinski definition) is 7. The van der Waals surface area contributed by atoms with Crippen molar-refractivity contribution < 1.29 is 55.2 Å². The number of benzene rings is 2. The third-order valence-corrected chi connectivity index (χ3v) is 11.4. The van der Waals surface area contributed by atoms with Gasteiger partial charge >= 0.3 is 11.9 Å². The SMILES string of the molecule is CCC(CC(C)(C)C(=O)OCC(O)NCCN(CCN)CCNC(O)COC(=O)C(C)(C)CC(CC)c1ccc(S(=O)(=O)O)cc1)c1ccc(S(=O)(=O)O)cc1. The van der Waals surface area contributed by atoms with Gasteiger partial charge in [0.05, 0.1) is 20.6 Å². The van der Waals surface area contributed by atoms with Crippen LogP contribution in [-0.4, -0.2) is 118 Å². The Morgan fingerprint density at radius 1 is 0.679 bits per heavy atom. The zero-order valence-corrected chi connectivity index (χ0v) is 34.9. The molecular weight excluding hydrogens is 769 g/mol. The van der Waals surface area contributed by atoms with Gasteiger partial charge in [0.1, 0.15) is 25.7 Å². The topological polar surface area (TPSA) is 255 Å². The molecule has 0 aliphatic rings. The van der Waals surface area contributed by atoms with Gasteiger partial charge in [0.25, 0.3) is 20.2 Å². The van der Waals surface area contributed by atoms with Crippen LogP contribution in [0.2, 0.25) is 0 Å². The van der Waals surface area contributed by atoms with Crippen LogP contribution < -0.4 is 16.4 Å². The van der Waals surface area contributed by atoms with Crippen molar-refractivity contribution in [1.82, 2.24) is 15.5 Å². The Morgan fingerprint density at radius 2 is 1.02 bits per heavy atom. The predicted octanol–water partition coefficient (Wildman–Crippen LogP) is 2.86. The first-order valence-electron chi connectivity index (χ1n) is 18.8. The number of ether oxygens (including phenoxy) is 2. The molecule has 56 heavy (non-hydrogen) atoms. The number of aliphatic hydroxyl groups excluding tert-OH is 2. The third-order valence-electron chi connectivity index (χ3n) is 9.71. The molecule has 0 amide bonds. The summed E-state index contributed by atoms with van der Waals surface area (Å²) in [6.07, 6.45) is -0.0707. The number of esters is 2. The van der Waals surface area contributed by atoms with Crippen molar-refractivity contribution in [3.63, 3.8) is 0 Å². The van der Waals surface area contributed by atoms with Crippen LogP contribution in [0.3, 0.4) is 0 Å². The standard InChI is InChI=1S/C38H62N4O12S2/c1-7-27(29-9-13-31(14-10-29)55(47,48)49)23-37(3,4)35(45)53-25-33(43)40-18-21-42(20-17-39)22-19-41-34(44)26-54-36(46)38(5,6)24-28(8-2)30-11-15-32(16-12-30)56(50,51)52/h9-16,27-28,33-34,40-41,43-44H,7-8,17-26,39H2,1-6H3,(H,47,48,49)(H,50,51,52). The van der Waals surface area contributed by atoms with Crippen LogP contribution in [-0.2, 0) is 39.3 Å². The smallest absolute Gasteiger partial charge is 0.311 e. The summed E-state index contributed by atoms with van der Waals surface area (Å²) in [4.78, 5) is 27.6. The Labute approximate surface area is 332 Å². The van der Waals surface area contributed by atoms with Gasteiger partial charge in [0, 0.05) is 39.3 Å². The van der Waals surface area contributed by atoms with Crippen LogP contribution in [0.15, 0.2) is 58.3 Å². The highest BCUT2D eigenvalue weighted by Gasteiger charge is 2.34. The second-order valence-corrected chi connectivity index (χ2v) is 18.1. The summed E-state index contributed by atoms with van der Waals surface area (Å²) < 4.78 is 74.9. The Morgan fingerprint density at radius 3 is 1.30 bits per heavy atom. The lowest BCUT2D eigenvalue weighted by Crippen LogP contribution is -2.45. The maximum Gasteiger partial charge on any atom is 0.311 e. The molecule has 16 nitrogen and oxygen atoms in total. The van der Waals surface area contributed by atoms with Crippen molar-refractivity contribution in [2.45, 2.75) is 101 Å². The van der Waals surface area contributed by atoms with E-state index in [0.29, 0.717) is 65.0 Å². The molecule has 318 valence electrons. The van der Waals surface area contributed by atoms with Gasteiger partial charge in [-0.1, -0.05) is 38.1 Å². The minimum Gasteiger partial charge on any atom is -0.461 e. The number of nitrogens with zero attached hydrogens (tertiary/aromatic N) is 1. The molecule has 0 fully saturated rings. The zero-order chi connectivity index (χ0) is 42.3. The fourth-order valence-corrected chi connectivity index (χ4v) is 7.29. The van der Waals surface area contributed by atoms with Crippen molar-refractivity contribution >= 4 is 32.2 Å². The second kappa shape index (κ2) is 22.2. The van der Waals surface area contributed by atoms with E-state index in [1.807, 2.05) is 18.7 Å². The molecule has 0 bridgehead atoms. The number of aliphatic hydroxyl groups is 2. The molecule has 0 radical (unpaired) electrons. The van der Waals surface area contributed by atoms with Gasteiger partial charge in [-0.05, 0) is 101 Å². The number of carbonyl (C=O) groups excluding carboxylic acids is 2. The highest BCUT2D eigenvalue weighted by molar-refractivity contribution is 7.86. The van der Waals surface area contributed by atoms with E-state index in [0.717, 1.165) is 11.1 Å². The van der Waals surface area contributed by atoms with Crippen LogP contribution in [0.5, 0.6) is 0 Å². The molecule has 4 atom stereocenters. The lowest BCUT2D eigenvalue weighted by molar-refractivity contribution is -0.158. The van der Waals surface area contributed by atoms with E-state index in [2.05, 4.69) is 10.6 Å². The molecule has 0 aliphatic carbocycles. The number of nitrogens with one attached hydrogen (secondary N) is 2. The maximum atomic E-state index is 13.0. The molecule has 8 N–H and O–H groups in total. The fourth-order valence-electron chi connectivity index (χ4n) is 6.33. The molecule has 2 aromatic carbocycles. The summed E-state index contributed by atoms with van der Waals surface area (Å²) in [6, 6.07) is 11.8. The van der Waals surface area contributed by atoms with Crippen molar-refractivity contribution in [3.8, 4) is 0 Å². The normalized spacial score (nSPS) is 14.9. The van der Waals surface area contributed by atoms with E-state index >= 15 is 0 Å². The summed E-state index contributed by atoms with van der Waals surface area (Å²) in [5, 5.41) is 26.8. The summed E-state index contributed by atoms with van der Waals surface area (Å²) in [6.45, 7) is 12.9. The van der Waals surface area contributed by atoms with E-state index < -0.39 is 55.5 Å². The van der Waals surface area contributed by atoms with Gasteiger partial charge in [0.15, 0.2) is 0 Å². The molecule has 0 heterocycles. The monoisotopic (exact) mass is 830 g/mol.